The molecule has 144 valence electrons. The lowest BCUT2D eigenvalue weighted by molar-refractivity contribution is -0.122. The fourth-order valence-corrected chi connectivity index (χ4v) is 3.68. The summed E-state index contributed by atoms with van der Waals surface area (Å²) < 4.78 is 6.82. The molecule has 1 saturated heterocycles. The zero-order chi connectivity index (χ0) is 19.5. The number of aryl methyl sites for hydroxylation is 1. The maximum Gasteiger partial charge on any atom is 0.275 e. The van der Waals surface area contributed by atoms with Gasteiger partial charge in [-0.05, 0) is 37.1 Å². The van der Waals surface area contributed by atoms with E-state index in [1.54, 1.807) is 18.5 Å². The topological polar surface area (TPSA) is 86.1 Å². The second kappa shape index (κ2) is 7.90. The quantitative estimate of drug-likeness (QED) is 0.727. The maximum atomic E-state index is 12.6. The number of aromatic nitrogens is 3. The third kappa shape index (κ3) is 3.80. The summed E-state index contributed by atoms with van der Waals surface area (Å²) in [4.78, 5) is 29.3. The van der Waals surface area contributed by atoms with Gasteiger partial charge in [0.05, 0.1) is 30.3 Å². The molecule has 7 heteroatoms. The van der Waals surface area contributed by atoms with E-state index in [9.17, 15) is 9.59 Å². The second-order valence-electron chi connectivity index (χ2n) is 7.12. The van der Waals surface area contributed by atoms with Crippen LogP contribution in [0.5, 0.6) is 0 Å². The van der Waals surface area contributed by atoms with Gasteiger partial charge in [0.2, 0.25) is 5.91 Å². The molecule has 7 nitrogen and oxygen atoms in total. The molecule has 0 spiro atoms. The van der Waals surface area contributed by atoms with Crippen LogP contribution in [-0.2, 0) is 22.5 Å². The number of carbonyl (C=O) groups is 1. The molecule has 1 N–H and O–H groups in total. The van der Waals surface area contributed by atoms with Gasteiger partial charge in [-0.3, -0.25) is 14.6 Å². The van der Waals surface area contributed by atoms with Gasteiger partial charge in [-0.25, -0.2) is 4.68 Å². The second-order valence-corrected chi connectivity index (χ2v) is 7.12. The number of benzene rings is 1. The van der Waals surface area contributed by atoms with E-state index in [2.05, 4.69) is 15.4 Å². The van der Waals surface area contributed by atoms with E-state index in [1.165, 1.54) is 4.68 Å². The van der Waals surface area contributed by atoms with Crippen LogP contribution in [0.15, 0.2) is 53.6 Å². The minimum atomic E-state index is -0.257. The SMILES string of the molecule is Cc1nn(CC(=O)N[C@H]2COC[C@H]2Cc2ccncc2)c(=O)c2ccccc12. The van der Waals surface area contributed by atoms with Gasteiger partial charge in [-0.1, -0.05) is 18.2 Å². The first kappa shape index (κ1) is 18.3. The molecule has 1 fully saturated rings. The summed E-state index contributed by atoms with van der Waals surface area (Å²) in [5.41, 5.74) is 1.63. The summed E-state index contributed by atoms with van der Waals surface area (Å²) >= 11 is 0. The average Bonchev–Trinajstić information content (AvgIpc) is 3.13. The zero-order valence-corrected chi connectivity index (χ0v) is 15.7. The van der Waals surface area contributed by atoms with Crippen molar-refractivity contribution in [2.75, 3.05) is 13.2 Å². The summed E-state index contributed by atoms with van der Waals surface area (Å²) in [6.45, 7) is 2.80. The van der Waals surface area contributed by atoms with Crippen molar-refractivity contribution in [3.63, 3.8) is 0 Å². The summed E-state index contributed by atoms with van der Waals surface area (Å²) in [5.74, 6) is -0.0473. The summed E-state index contributed by atoms with van der Waals surface area (Å²) in [6, 6.07) is 11.2. The van der Waals surface area contributed by atoms with Gasteiger partial charge in [-0.2, -0.15) is 5.10 Å². The number of hydrogen-bond acceptors (Lipinski definition) is 5. The van der Waals surface area contributed by atoms with Gasteiger partial charge in [0.25, 0.3) is 5.56 Å². The first-order chi connectivity index (χ1) is 13.6. The normalized spacial score (nSPS) is 19.0. The van der Waals surface area contributed by atoms with Crippen LogP contribution in [0, 0.1) is 12.8 Å². The van der Waals surface area contributed by atoms with E-state index < -0.39 is 0 Å². The lowest BCUT2D eigenvalue weighted by atomic mass is 9.95. The Morgan fingerprint density at radius 2 is 1.93 bits per heavy atom. The highest BCUT2D eigenvalue weighted by atomic mass is 16.5. The predicted octanol–water partition coefficient (Wildman–Crippen LogP) is 1.47. The molecule has 0 saturated carbocycles. The standard InChI is InChI=1S/C21H22N4O3/c1-14-17-4-2-3-5-18(17)21(27)25(24-14)11-20(26)23-19-13-28-12-16(19)10-15-6-8-22-9-7-15/h2-9,16,19H,10-13H2,1H3,(H,23,26)/t16-,19+/m1/s1. The van der Waals surface area contributed by atoms with Crippen molar-refractivity contribution in [1.29, 1.82) is 0 Å². The van der Waals surface area contributed by atoms with Crippen molar-refractivity contribution < 1.29 is 9.53 Å². The molecule has 0 radical (unpaired) electrons. The molecule has 28 heavy (non-hydrogen) atoms. The van der Waals surface area contributed by atoms with Crippen molar-refractivity contribution in [2.45, 2.75) is 25.9 Å². The number of carbonyl (C=O) groups excluding carboxylic acids is 1. The number of pyridine rings is 1. The smallest absolute Gasteiger partial charge is 0.275 e. The highest BCUT2D eigenvalue weighted by molar-refractivity contribution is 5.83. The van der Waals surface area contributed by atoms with E-state index >= 15 is 0 Å². The molecule has 0 aliphatic carbocycles. The minimum absolute atomic E-state index is 0.0853. The molecule has 1 aliphatic heterocycles. The van der Waals surface area contributed by atoms with Crippen LogP contribution in [0.1, 0.15) is 11.3 Å². The number of rotatable bonds is 5. The predicted molar refractivity (Wildman–Crippen MR) is 105 cm³/mol. The van der Waals surface area contributed by atoms with Gasteiger partial charge in [-0.15, -0.1) is 0 Å². The largest absolute Gasteiger partial charge is 0.379 e. The molecule has 0 bridgehead atoms. The lowest BCUT2D eigenvalue weighted by Crippen LogP contribution is -2.43. The monoisotopic (exact) mass is 378 g/mol. The molecule has 3 heterocycles. The zero-order valence-electron chi connectivity index (χ0n) is 15.7. The van der Waals surface area contributed by atoms with Crippen molar-refractivity contribution in [1.82, 2.24) is 20.1 Å². The first-order valence-electron chi connectivity index (χ1n) is 9.34. The van der Waals surface area contributed by atoms with Crippen LogP contribution in [0.2, 0.25) is 0 Å². The number of hydrogen-bond donors (Lipinski definition) is 1. The number of fused-ring (bicyclic) bond motifs is 1. The summed E-state index contributed by atoms with van der Waals surface area (Å²) in [6.07, 6.45) is 4.33. The molecule has 0 unspecified atom stereocenters. The van der Waals surface area contributed by atoms with Crippen LogP contribution in [0.4, 0.5) is 0 Å². The Morgan fingerprint density at radius 3 is 2.71 bits per heavy atom. The Balaban J connectivity index is 1.46. The van der Waals surface area contributed by atoms with Gasteiger partial charge in [0.15, 0.2) is 0 Å². The molecule has 1 aliphatic rings. The fraction of sp³-hybridized carbons (Fsp3) is 0.333. The van der Waals surface area contributed by atoms with Crippen LogP contribution in [-0.4, -0.2) is 39.9 Å². The number of amides is 1. The fourth-order valence-electron chi connectivity index (χ4n) is 3.68. The van der Waals surface area contributed by atoms with E-state index in [4.69, 9.17) is 4.74 Å². The molecular weight excluding hydrogens is 356 g/mol. The maximum absolute atomic E-state index is 12.6. The van der Waals surface area contributed by atoms with Crippen LogP contribution >= 0.6 is 0 Å². The van der Waals surface area contributed by atoms with E-state index in [1.807, 2.05) is 37.3 Å². The van der Waals surface area contributed by atoms with E-state index in [0.717, 1.165) is 23.1 Å². The molecular formula is C21H22N4O3. The van der Waals surface area contributed by atoms with Gasteiger partial charge in [0, 0.05) is 23.7 Å². The molecule has 2 aromatic heterocycles. The summed E-state index contributed by atoms with van der Waals surface area (Å²) in [7, 11) is 0. The van der Waals surface area contributed by atoms with Crippen molar-refractivity contribution in [3.8, 4) is 0 Å². The molecule has 1 amide bonds. The van der Waals surface area contributed by atoms with Crippen molar-refractivity contribution in [3.05, 3.63) is 70.4 Å². The van der Waals surface area contributed by atoms with E-state index in [0.29, 0.717) is 18.6 Å². The molecule has 2 atom stereocenters. The Bertz CT molecular complexity index is 1050. The Hall–Kier alpha value is -3.06. The third-order valence-corrected chi connectivity index (χ3v) is 5.14. The number of nitrogens with one attached hydrogen (secondary N) is 1. The van der Waals surface area contributed by atoms with Crippen LogP contribution in [0.25, 0.3) is 10.8 Å². The highest BCUT2D eigenvalue weighted by Crippen LogP contribution is 2.19. The van der Waals surface area contributed by atoms with Gasteiger partial charge in [0.1, 0.15) is 6.54 Å². The molecule has 1 aromatic carbocycles. The highest BCUT2D eigenvalue weighted by Gasteiger charge is 2.29. The third-order valence-electron chi connectivity index (χ3n) is 5.14. The molecule has 3 aromatic rings. The van der Waals surface area contributed by atoms with Gasteiger partial charge < -0.3 is 10.1 Å². The lowest BCUT2D eigenvalue weighted by Gasteiger charge is -2.19. The Labute approximate surface area is 162 Å². The number of ether oxygens (including phenoxy) is 1. The minimum Gasteiger partial charge on any atom is -0.379 e. The molecule has 4 rings (SSSR count). The Morgan fingerprint density at radius 1 is 1.18 bits per heavy atom. The van der Waals surface area contributed by atoms with Crippen molar-refractivity contribution >= 4 is 16.7 Å². The van der Waals surface area contributed by atoms with Crippen molar-refractivity contribution in [2.24, 2.45) is 5.92 Å². The first-order valence-corrected chi connectivity index (χ1v) is 9.34. The number of nitrogens with zero attached hydrogens (tertiary/aromatic N) is 3. The average molecular weight is 378 g/mol. The van der Waals surface area contributed by atoms with E-state index in [-0.39, 0.29) is 30.0 Å². The van der Waals surface area contributed by atoms with Crippen LogP contribution in [0.3, 0.4) is 0 Å². The summed E-state index contributed by atoms with van der Waals surface area (Å²) in [5, 5.41) is 8.70. The Kier molecular flexibility index (Phi) is 5.16. The van der Waals surface area contributed by atoms with Gasteiger partial charge >= 0.3 is 0 Å². The van der Waals surface area contributed by atoms with Crippen LogP contribution < -0.4 is 10.9 Å².